The molecular weight excluding hydrogens is 500 g/mol. The molecule has 0 aromatic carbocycles. The smallest absolute Gasteiger partial charge is 0.441 e. The lowest BCUT2D eigenvalue weighted by molar-refractivity contribution is -0.232. The number of hydrogen-bond acceptors (Lipinski definition) is 10. The van der Waals surface area contributed by atoms with Crippen LogP contribution in [0.15, 0.2) is 13.6 Å². The molecular formula is C26H42N2O10. The Morgan fingerprint density at radius 1 is 1.08 bits per heavy atom. The first-order valence-electron chi connectivity index (χ1n) is 13.5. The number of nitrogens with zero attached hydrogens (tertiary/aromatic N) is 1. The molecule has 12 heteroatoms. The van der Waals surface area contributed by atoms with Crippen LogP contribution in [-0.4, -0.2) is 81.4 Å². The van der Waals surface area contributed by atoms with Gasteiger partial charge in [-0.3, -0.25) is 9.69 Å². The second kappa shape index (κ2) is 13.1. The van der Waals surface area contributed by atoms with E-state index in [0.29, 0.717) is 25.8 Å². The van der Waals surface area contributed by atoms with Crippen LogP contribution in [0.25, 0.3) is 0 Å². The Labute approximate surface area is 222 Å². The fraction of sp³-hybridized carbons (Fsp3) is 0.808. The van der Waals surface area contributed by atoms with Crippen LogP contribution in [-0.2, 0) is 20.9 Å². The molecule has 3 rings (SSSR count). The lowest BCUT2D eigenvalue weighted by Crippen LogP contribution is -2.65. The van der Waals surface area contributed by atoms with Crippen LogP contribution in [0.3, 0.4) is 0 Å². The second-order valence-corrected chi connectivity index (χ2v) is 10.7. The van der Waals surface area contributed by atoms with Gasteiger partial charge in [0.15, 0.2) is 18.1 Å². The molecule has 0 radical (unpaired) electrons. The number of nitrogens with one attached hydrogen (secondary N) is 1. The third kappa shape index (κ3) is 6.77. The van der Waals surface area contributed by atoms with E-state index in [1.54, 1.807) is 0 Å². The number of aliphatic hydroxyl groups excluding tert-OH is 3. The molecule has 4 N–H and O–H groups in total. The topological polar surface area (TPSA) is 172 Å². The lowest BCUT2D eigenvalue weighted by Gasteiger charge is -2.45. The van der Waals surface area contributed by atoms with Gasteiger partial charge in [-0.15, -0.1) is 0 Å². The number of carbonyl (C=O) groups is 2. The Bertz CT molecular complexity index is 991. The highest BCUT2D eigenvalue weighted by molar-refractivity contribution is 5.86. The number of aliphatic hydroxyl groups is 3. The summed E-state index contributed by atoms with van der Waals surface area (Å²) >= 11 is 0. The van der Waals surface area contributed by atoms with E-state index in [4.69, 9.17) is 18.3 Å². The Hall–Kier alpha value is -2.41. The van der Waals surface area contributed by atoms with Gasteiger partial charge in [0.2, 0.25) is 5.91 Å². The van der Waals surface area contributed by atoms with Crippen LogP contribution in [0.1, 0.15) is 71.3 Å². The van der Waals surface area contributed by atoms with Gasteiger partial charge in [0.25, 0.3) is 0 Å². The number of hydrogen-bond donors (Lipinski definition) is 4. The van der Waals surface area contributed by atoms with Gasteiger partial charge in [-0.05, 0) is 38.0 Å². The Balaban J connectivity index is 1.75. The summed E-state index contributed by atoms with van der Waals surface area (Å²) < 4.78 is 21.1. The molecule has 2 aliphatic rings. The number of rotatable bonds is 10. The van der Waals surface area contributed by atoms with Crippen molar-refractivity contribution in [1.29, 1.82) is 0 Å². The van der Waals surface area contributed by atoms with E-state index < -0.39 is 60.4 Å². The first-order valence-corrected chi connectivity index (χ1v) is 13.5. The zero-order valence-electron chi connectivity index (χ0n) is 22.8. The van der Waals surface area contributed by atoms with E-state index in [9.17, 15) is 29.7 Å². The molecule has 0 saturated carbocycles. The van der Waals surface area contributed by atoms with Gasteiger partial charge >= 0.3 is 11.9 Å². The molecule has 2 amide bonds. The normalized spacial score (nSPS) is 30.4. The fourth-order valence-corrected chi connectivity index (χ4v) is 5.40. The maximum atomic E-state index is 13.6. The number of likely N-dealkylation sites (tertiary alicyclic amines) is 1. The van der Waals surface area contributed by atoms with Gasteiger partial charge < -0.3 is 38.9 Å². The van der Waals surface area contributed by atoms with Crippen LogP contribution < -0.4 is 11.1 Å². The van der Waals surface area contributed by atoms with E-state index >= 15 is 0 Å². The Morgan fingerprint density at radius 3 is 2.34 bits per heavy atom. The summed E-state index contributed by atoms with van der Waals surface area (Å²) in [6.45, 7) is 9.21. The summed E-state index contributed by atoms with van der Waals surface area (Å²) in [6, 6.07) is -1.51. The van der Waals surface area contributed by atoms with Gasteiger partial charge in [-0.1, -0.05) is 40.5 Å². The summed E-state index contributed by atoms with van der Waals surface area (Å²) in [4.78, 5) is 39.2. The molecule has 2 saturated heterocycles. The van der Waals surface area contributed by atoms with Gasteiger partial charge in [-0.2, -0.15) is 0 Å². The molecule has 1 aromatic rings. The minimum absolute atomic E-state index is 0.0943. The van der Waals surface area contributed by atoms with E-state index in [0.717, 1.165) is 12.8 Å². The average molecular weight is 543 g/mol. The van der Waals surface area contributed by atoms with E-state index in [2.05, 4.69) is 5.32 Å². The Kier molecular flexibility index (Phi) is 10.4. The zero-order valence-corrected chi connectivity index (χ0v) is 22.8. The molecule has 1 aromatic heterocycles. The maximum Gasteiger partial charge on any atom is 0.519 e. The monoisotopic (exact) mass is 542 g/mol. The van der Waals surface area contributed by atoms with Crippen LogP contribution in [0.5, 0.6) is 0 Å². The standard InChI is InChI=1S/C26H42N2O10/c1-6-8-15-10-16(28(11-15)25(33)35-12-18-14(5)36-26(34)38-18)24(32)27-19(13(3)4)23-22(31)21(30)20(29)17(37-23)9-7-2/h13,15-17,19-23,29-31H,6-12H2,1-5H3,(H,27,32)/t15-,16-,17+,19?,20-,21+,22+,23+/m0/s1. The van der Waals surface area contributed by atoms with Crippen molar-refractivity contribution in [2.45, 2.75) is 116 Å². The summed E-state index contributed by atoms with van der Waals surface area (Å²) in [5, 5.41) is 34.5. The van der Waals surface area contributed by atoms with Crippen molar-refractivity contribution in [3.8, 4) is 0 Å². The number of ether oxygens (including phenoxy) is 2. The van der Waals surface area contributed by atoms with Gasteiger partial charge in [0, 0.05) is 6.54 Å². The molecule has 0 bridgehead atoms. The predicted molar refractivity (Wildman–Crippen MR) is 134 cm³/mol. The van der Waals surface area contributed by atoms with Crippen molar-refractivity contribution in [2.24, 2.45) is 11.8 Å². The zero-order chi connectivity index (χ0) is 28.1. The minimum atomic E-state index is -1.42. The van der Waals surface area contributed by atoms with E-state index in [1.807, 2.05) is 27.7 Å². The van der Waals surface area contributed by atoms with Crippen molar-refractivity contribution in [3.05, 3.63) is 22.1 Å². The highest BCUT2D eigenvalue weighted by Crippen LogP contribution is 2.31. The highest BCUT2D eigenvalue weighted by atomic mass is 16.6. The molecule has 12 nitrogen and oxygen atoms in total. The number of carbonyl (C=O) groups excluding carboxylic acids is 2. The summed E-state index contributed by atoms with van der Waals surface area (Å²) in [5.74, 6) is -1.10. The highest BCUT2D eigenvalue weighted by Gasteiger charge is 2.48. The largest absolute Gasteiger partial charge is 0.519 e. The van der Waals surface area contributed by atoms with Crippen LogP contribution in [0.4, 0.5) is 4.79 Å². The molecule has 8 atom stereocenters. The van der Waals surface area contributed by atoms with E-state index in [1.165, 1.54) is 11.8 Å². The third-order valence-electron chi connectivity index (χ3n) is 7.49. The van der Waals surface area contributed by atoms with Crippen LogP contribution in [0.2, 0.25) is 0 Å². The van der Waals surface area contributed by atoms with Gasteiger partial charge in [0.05, 0.1) is 12.1 Å². The SMILES string of the molecule is CCC[C@H]1C[C@@H](C(=O)NC(C(C)C)[C@H]2O[C@H](CCC)[C@H](O)[C@@H](O)[C@H]2O)N(C(=O)OCc2oc(=O)oc2C)C1. The molecule has 38 heavy (non-hydrogen) atoms. The summed E-state index contributed by atoms with van der Waals surface area (Å²) in [5.41, 5.74) is 0. The third-order valence-corrected chi connectivity index (χ3v) is 7.49. The summed E-state index contributed by atoms with van der Waals surface area (Å²) in [7, 11) is 0. The molecule has 2 fully saturated rings. The fourth-order valence-electron chi connectivity index (χ4n) is 5.40. The summed E-state index contributed by atoms with van der Waals surface area (Å²) in [6.07, 6.45) is -3.07. The second-order valence-electron chi connectivity index (χ2n) is 10.7. The molecule has 3 heterocycles. The van der Waals surface area contributed by atoms with Gasteiger partial charge in [0.1, 0.15) is 30.5 Å². The van der Waals surface area contributed by atoms with Crippen molar-refractivity contribution in [3.63, 3.8) is 0 Å². The predicted octanol–water partition coefficient (Wildman–Crippen LogP) is 1.46. The van der Waals surface area contributed by atoms with Gasteiger partial charge in [-0.25, -0.2) is 9.59 Å². The first-order chi connectivity index (χ1) is 18.0. The van der Waals surface area contributed by atoms with Crippen LogP contribution in [0, 0.1) is 18.8 Å². The lowest BCUT2D eigenvalue weighted by atomic mass is 9.85. The number of amides is 2. The molecule has 1 unspecified atom stereocenters. The number of aryl methyl sites for hydroxylation is 1. The molecule has 2 aliphatic heterocycles. The van der Waals surface area contributed by atoms with Crippen molar-refractivity contribution in [2.75, 3.05) is 6.54 Å². The van der Waals surface area contributed by atoms with Crippen molar-refractivity contribution < 1.29 is 43.2 Å². The van der Waals surface area contributed by atoms with Crippen LogP contribution >= 0.6 is 0 Å². The van der Waals surface area contributed by atoms with E-state index in [-0.39, 0.29) is 30.0 Å². The maximum absolute atomic E-state index is 13.6. The average Bonchev–Trinajstić information content (AvgIpc) is 3.43. The Morgan fingerprint density at radius 2 is 1.76 bits per heavy atom. The quantitative estimate of drug-likeness (QED) is 0.339. The van der Waals surface area contributed by atoms with Crippen molar-refractivity contribution >= 4 is 12.0 Å². The first kappa shape index (κ1) is 30.1. The molecule has 0 aliphatic carbocycles. The van der Waals surface area contributed by atoms with Crippen molar-refractivity contribution in [1.82, 2.24) is 10.2 Å². The molecule has 0 spiro atoms. The molecule has 216 valence electrons. The minimum Gasteiger partial charge on any atom is -0.441 e.